The van der Waals surface area contributed by atoms with Crippen molar-refractivity contribution in [3.63, 3.8) is 0 Å². The Morgan fingerprint density at radius 3 is 0.986 bits per heavy atom. The number of carboxylic acids is 1. The van der Waals surface area contributed by atoms with E-state index >= 15 is 0 Å². The summed E-state index contributed by atoms with van der Waals surface area (Å²) in [5.41, 5.74) is 17.1. The van der Waals surface area contributed by atoms with Crippen LogP contribution in [0.5, 0.6) is 0 Å². The molecule has 0 unspecified atom stereocenters. The standard InChI is InChI=1S/C20H26N4O2.C19H24N4O2.C17H20N4O2.C15H18N4.C11H10N2O.C9H18N2O2.C7H9BO2.C4H3ClN2O.C4H7ClO2.Na/c1-15-7-5-6-8-17(15)16-13-18(22-21-14-16)23-9-11-24(12-10-23)19(25)26-20(2,3)4;1-3-25-19(24)14-22-8-10-23(11-9-22)18-12-16(13-20-21-18)17-7-5-4-6-15(17)2;1-13-4-2-3-5-15(13)14-10-16(19-18-11-14)21-8-6-20(7-9-21)12-17(22)23;1-12-4-2-3-5-14(12)13-10-15(18-17-11-13)19-8-6-16-7-9-19;1-8-4-2-3-5-10(8)9-6-11(14)13-12-7-9;1-9(2,3)13-8(12)11-6-4-10-5-7-11;1-6-4-2-3-5-7(6)8(9)10;5-3-1-4(8)7-6-2-3;1-2-7-4(6)3-5;/h5-8,13-14H,9-12H2,1-4H3;4-7,12-13H,3,8-11,14H2,1-2H3;2-5,10-11H,6-9,12H2,1H3,(H,22,23);2-5,10-11,16H,6-9H2,1H3;2-7H,1H3,(H,13,14);10H,4-7H2,1-3H3;2-5,9-10H,1H3;1-2H,(H,7,8);2-3H2,1H3;/q;;;;;;;;;+1/p-1. The van der Waals surface area contributed by atoms with Gasteiger partial charge in [-0.2, -0.15) is 30.6 Å². The minimum Gasteiger partial charge on any atom is -0.549 e. The van der Waals surface area contributed by atoms with Crippen LogP contribution in [-0.2, 0) is 33.3 Å². The number of hydrogen-bond donors (Lipinski definition) is 6. The fraction of sp³-hybridized carbons (Fsp3) is 0.387. The van der Waals surface area contributed by atoms with Crippen LogP contribution < -0.4 is 81.5 Å². The van der Waals surface area contributed by atoms with Gasteiger partial charge in [-0.1, -0.05) is 163 Å². The van der Waals surface area contributed by atoms with Crippen molar-refractivity contribution in [1.29, 1.82) is 0 Å². The summed E-state index contributed by atoms with van der Waals surface area (Å²) in [7, 11) is -1.35. The molecule has 17 rings (SSSR count). The Balaban J connectivity index is 0.000000206. The molecule has 5 aliphatic heterocycles. The number of aryl methyl sites for hydroxylation is 6. The number of hydrogen-bond acceptors (Lipinski definition) is 32. The van der Waals surface area contributed by atoms with Gasteiger partial charge in [-0.25, -0.2) is 19.8 Å². The molecule has 40 heteroatoms. The van der Waals surface area contributed by atoms with Gasteiger partial charge in [-0.3, -0.25) is 29.0 Å². The topological polar surface area (TPSA) is 430 Å². The van der Waals surface area contributed by atoms with Crippen LogP contribution in [0.2, 0.25) is 5.02 Å². The molecule has 12 aromatic rings. The zero-order chi connectivity index (χ0) is 105. The maximum Gasteiger partial charge on any atom is 1.00 e. The van der Waals surface area contributed by atoms with Gasteiger partial charge in [0.2, 0.25) is 0 Å². The van der Waals surface area contributed by atoms with E-state index in [9.17, 15) is 38.7 Å². The number of aromatic nitrogens is 12. The molecule has 6 N–H and O–H groups in total. The second-order valence-electron chi connectivity index (χ2n) is 36.2. The van der Waals surface area contributed by atoms with Crippen LogP contribution in [0.4, 0.5) is 32.9 Å². The summed E-state index contributed by atoms with van der Waals surface area (Å²) >= 11 is 10.4. The van der Waals surface area contributed by atoms with Gasteiger partial charge in [-0.05, 0) is 182 Å². The van der Waals surface area contributed by atoms with Gasteiger partial charge in [0.15, 0.2) is 23.3 Å². The molecule has 0 aliphatic carbocycles. The third kappa shape index (κ3) is 40.8. The number of ether oxygens (including phenoxy) is 4. The summed E-state index contributed by atoms with van der Waals surface area (Å²) in [6, 6.07) is 59.3. The number of alkyl halides is 1. The quantitative estimate of drug-likeness (QED) is 0.0216. The van der Waals surface area contributed by atoms with Gasteiger partial charge in [0.05, 0.1) is 67.9 Å². The van der Waals surface area contributed by atoms with Gasteiger partial charge < -0.3 is 78.9 Å². The van der Waals surface area contributed by atoms with E-state index in [1.807, 2.05) is 158 Å². The summed E-state index contributed by atoms with van der Waals surface area (Å²) in [6.07, 6.45) is 9.79. The van der Waals surface area contributed by atoms with Crippen LogP contribution in [0.15, 0.2) is 229 Å². The Labute approximate surface area is 886 Å². The number of aliphatic carboxylic acids is 1. The van der Waals surface area contributed by atoms with Gasteiger partial charge in [0.25, 0.3) is 11.1 Å². The fourth-order valence-electron chi connectivity index (χ4n) is 15.4. The number of rotatable bonds is 17. The first-order valence-electron chi connectivity index (χ1n) is 48.2. The molecule has 2 amide bonds. The van der Waals surface area contributed by atoms with Crippen LogP contribution in [0.1, 0.15) is 88.8 Å². The zero-order valence-electron chi connectivity index (χ0n) is 86.1. The van der Waals surface area contributed by atoms with Crippen molar-refractivity contribution in [3.05, 3.63) is 278 Å². The van der Waals surface area contributed by atoms with E-state index in [-0.39, 0.29) is 82.8 Å². The monoisotopic (exact) mass is 2040 g/mol. The van der Waals surface area contributed by atoms with Crippen molar-refractivity contribution in [1.82, 2.24) is 91.4 Å². The molecule has 0 atom stereocenters. The van der Waals surface area contributed by atoms with Crippen molar-refractivity contribution in [2.24, 2.45) is 0 Å². The summed E-state index contributed by atoms with van der Waals surface area (Å²) < 4.78 is 20.1. The van der Waals surface area contributed by atoms with Crippen LogP contribution in [0.3, 0.4) is 0 Å². The summed E-state index contributed by atoms with van der Waals surface area (Å²) in [6.45, 7) is 44.3. The zero-order valence-corrected chi connectivity index (χ0v) is 89.7. The van der Waals surface area contributed by atoms with Gasteiger partial charge in [-0.15, -0.1) is 32.0 Å². The third-order valence-corrected chi connectivity index (χ3v) is 23.3. The van der Waals surface area contributed by atoms with Crippen LogP contribution in [0, 0.1) is 41.5 Å². The van der Waals surface area contributed by atoms with Crippen molar-refractivity contribution in [3.8, 4) is 55.6 Å². The van der Waals surface area contributed by atoms with Crippen molar-refractivity contribution < 1.29 is 87.6 Å². The second kappa shape index (κ2) is 61.4. The number of H-pyrrole nitrogens is 2. The largest absolute Gasteiger partial charge is 1.00 e. The average molecular weight is 2050 g/mol. The number of halogens is 2. The molecule has 5 fully saturated rings. The van der Waals surface area contributed by atoms with Crippen molar-refractivity contribution >= 4 is 89.1 Å². The van der Waals surface area contributed by atoms with E-state index in [1.165, 1.54) is 45.6 Å². The smallest absolute Gasteiger partial charge is 0.549 e. The summed E-state index contributed by atoms with van der Waals surface area (Å²) in [5.74, 6) is 1.95. The molecule has 6 aromatic carbocycles. The van der Waals surface area contributed by atoms with Gasteiger partial charge in [0.1, 0.15) is 17.1 Å². The molecule has 0 radical (unpaired) electrons. The molecule has 146 heavy (non-hydrogen) atoms. The van der Waals surface area contributed by atoms with E-state index in [0.29, 0.717) is 69.5 Å². The Morgan fingerprint density at radius 2 is 0.692 bits per heavy atom. The molecular weight excluding hydrogens is 1910 g/mol. The van der Waals surface area contributed by atoms with Crippen LogP contribution >= 0.6 is 23.2 Å². The van der Waals surface area contributed by atoms with E-state index in [2.05, 4.69) is 208 Å². The minimum absolute atomic E-state index is 0. The molecule has 0 spiro atoms. The first-order valence-corrected chi connectivity index (χ1v) is 49.1. The number of esters is 2. The van der Waals surface area contributed by atoms with Crippen molar-refractivity contribution in [2.75, 3.05) is 183 Å². The number of nitrogens with zero attached hydrogens (tertiary/aromatic N) is 18. The third-order valence-electron chi connectivity index (χ3n) is 22.9. The number of amides is 2. The number of piperazine rings is 5. The van der Waals surface area contributed by atoms with Gasteiger partial charge in [0, 0.05) is 177 Å². The van der Waals surface area contributed by atoms with Crippen LogP contribution in [0.25, 0.3) is 55.6 Å². The van der Waals surface area contributed by atoms with Crippen LogP contribution in [-0.4, -0.2) is 302 Å². The molecule has 0 saturated carbocycles. The second-order valence-corrected chi connectivity index (χ2v) is 36.9. The summed E-state index contributed by atoms with van der Waals surface area (Å²) in [5, 5.41) is 80.5. The molecule has 11 heterocycles. The molecule has 770 valence electrons. The minimum atomic E-state index is -1.35. The maximum absolute atomic E-state index is 12.2. The molecular formula is C106H134BCl2N22NaO14. The normalized spacial score (nSPS) is 13.9. The number of carbonyl (C=O) groups is 5. The average Bonchev–Trinajstić information content (AvgIpc) is 0.833. The Bertz CT molecular complexity index is 6190. The number of nitrogens with one attached hydrogen (secondary N) is 4. The van der Waals surface area contributed by atoms with Crippen molar-refractivity contribution in [2.45, 2.75) is 108 Å². The van der Waals surface area contributed by atoms with E-state index in [1.54, 1.807) is 53.5 Å². The molecule has 6 aromatic heterocycles. The first-order chi connectivity index (χ1) is 69.5. The number of benzene rings is 6. The predicted octanol–water partition coefficient (Wildman–Crippen LogP) is 8.29. The number of carboxylic acid groups (broad SMARTS) is 1. The number of carbonyl (C=O) groups excluding carboxylic acids is 5. The van der Waals surface area contributed by atoms with E-state index in [4.69, 9.17) is 47.5 Å². The fourth-order valence-corrected chi connectivity index (χ4v) is 15.6. The molecule has 5 aliphatic rings. The SMILES string of the molecule is CC(C)(C)OC(=O)N1CCNCC1.CCOC(=O)CCl.CCOC(=O)CN1CCN(c2cc(-c3ccccc3C)cnn2)CC1.Cc1ccccc1-c1cn[nH]c(=O)c1.Cc1ccccc1-c1cnnc(N2CCN(C(=O)OC(C)(C)C)CC2)c1.Cc1ccccc1-c1cnnc(N2CCN(CC(=O)[O-])CC2)c1.Cc1ccccc1-c1cnnc(N2CCNCC2)c1.Cc1ccccc1B(O)O.O=c1cc(Cl)cn[nH]1.[Na+]. The predicted molar refractivity (Wildman–Crippen MR) is 567 cm³/mol. The Kier molecular flexibility index (Phi) is 49.7. The van der Waals surface area contributed by atoms with E-state index < -0.39 is 18.7 Å². The maximum atomic E-state index is 12.2. The first kappa shape index (κ1) is 118. The molecule has 0 bridgehead atoms. The molecule has 5 saturated heterocycles. The number of anilines is 4. The van der Waals surface area contributed by atoms with Gasteiger partial charge >= 0.3 is 60.8 Å². The number of aromatic amines is 2. The summed E-state index contributed by atoms with van der Waals surface area (Å²) in [4.78, 5) is 93.6. The van der Waals surface area contributed by atoms with E-state index in [0.717, 1.165) is 171 Å². The Hall–Kier alpha value is -13.0. The Morgan fingerprint density at radius 1 is 0.390 bits per heavy atom. The molecule has 36 nitrogen and oxygen atoms in total.